The molecule has 1 fully saturated rings. The number of nitrogens with zero attached hydrogens (tertiary/aromatic N) is 1. The number of carbonyl (C=O) groups excluding carboxylic acids is 4. The van der Waals surface area contributed by atoms with Gasteiger partial charge in [0.1, 0.15) is 13.2 Å². The molecule has 2 heterocycles. The molecule has 11 heteroatoms. The smallest absolute Gasteiger partial charge is 0.325 e. The third-order valence-corrected chi connectivity index (χ3v) is 4.74. The van der Waals surface area contributed by atoms with E-state index in [-0.39, 0.29) is 18.2 Å². The summed E-state index contributed by atoms with van der Waals surface area (Å²) < 4.78 is 15.6. The number of benzene rings is 1. The number of esters is 1. The normalized spacial score (nSPS) is 15.1. The number of anilines is 1. The van der Waals surface area contributed by atoms with Crippen LogP contribution in [-0.4, -0.2) is 66.7 Å². The van der Waals surface area contributed by atoms with Gasteiger partial charge in [-0.1, -0.05) is 11.8 Å². The van der Waals surface area contributed by atoms with Crippen LogP contribution in [0.3, 0.4) is 0 Å². The average Bonchev–Trinajstić information content (AvgIpc) is 3.09. The van der Waals surface area contributed by atoms with E-state index in [9.17, 15) is 19.2 Å². The zero-order valence-corrected chi connectivity index (χ0v) is 15.7. The topological polar surface area (TPSA) is 123 Å². The molecule has 1 saturated heterocycles. The van der Waals surface area contributed by atoms with Crippen LogP contribution in [0, 0.1) is 0 Å². The third kappa shape index (κ3) is 5.52. The van der Waals surface area contributed by atoms with Crippen LogP contribution in [0.4, 0.5) is 15.3 Å². The molecular formula is C17H19N3O7S. The van der Waals surface area contributed by atoms with Crippen molar-refractivity contribution in [2.24, 2.45) is 0 Å². The Hall–Kier alpha value is -2.95. The fraction of sp³-hybridized carbons (Fsp3) is 0.412. The molecule has 2 N–H and O–H groups in total. The monoisotopic (exact) mass is 409 g/mol. The zero-order valence-electron chi connectivity index (χ0n) is 14.9. The van der Waals surface area contributed by atoms with Crippen molar-refractivity contribution < 1.29 is 33.4 Å². The van der Waals surface area contributed by atoms with Crippen molar-refractivity contribution in [2.45, 2.75) is 6.42 Å². The third-order valence-electron chi connectivity index (χ3n) is 3.85. The molecule has 150 valence electrons. The number of carbonyl (C=O) groups is 4. The molecule has 1 aromatic carbocycles. The Bertz CT molecular complexity index is 786. The van der Waals surface area contributed by atoms with Gasteiger partial charge in [0.2, 0.25) is 0 Å². The fourth-order valence-electron chi connectivity index (χ4n) is 2.52. The number of imide groups is 1. The number of urea groups is 1. The summed E-state index contributed by atoms with van der Waals surface area (Å²) in [6, 6.07) is 4.07. The summed E-state index contributed by atoms with van der Waals surface area (Å²) in [7, 11) is 0. The molecule has 28 heavy (non-hydrogen) atoms. The van der Waals surface area contributed by atoms with E-state index in [1.54, 1.807) is 23.1 Å². The molecule has 2 aliphatic heterocycles. The van der Waals surface area contributed by atoms with Gasteiger partial charge in [0.05, 0.1) is 6.42 Å². The number of ether oxygens (including phenoxy) is 3. The summed E-state index contributed by atoms with van der Waals surface area (Å²) in [6.07, 6.45) is -0.0109. The second-order valence-corrected chi connectivity index (χ2v) is 6.92. The van der Waals surface area contributed by atoms with Gasteiger partial charge in [-0.3, -0.25) is 19.7 Å². The predicted molar refractivity (Wildman–Crippen MR) is 99.6 cm³/mol. The minimum absolute atomic E-state index is 0.0109. The standard InChI is InChI=1S/C17H19N3O7S/c21-14(10-27-15(22)3-4-20-5-8-28-17(20)24)19-16(23)18-11-1-2-12-13(9-11)26-7-6-25-12/h1-2,9H,3-8,10H2,(H2,18,19,21,23). The highest BCUT2D eigenvalue weighted by Gasteiger charge is 2.22. The summed E-state index contributed by atoms with van der Waals surface area (Å²) in [6.45, 7) is 1.13. The van der Waals surface area contributed by atoms with Crippen LogP contribution in [0.15, 0.2) is 18.2 Å². The minimum Gasteiger partial charge on any atom is -0.486 e. The molecule has 10 nitrogen and oxygen atoms in total. The van der Waals surface area contributed by atoms with Gasteiger partial charge < -0.3 is 24.4 Å². The molecule has 0 spiro atoms. The van der Waals surface area contributed by atoms with Crippen LogP contribution >= 0.6 is 11.8 Å². The van der Waals surface area contributed by atoms with Gasteiger partial charge in [-0.05, 0) is 12.1 Å². The van der Waals surface area contributed by atoms with Crippen molar-refractivity contribution >= 4 is 40.6 Å². The molecule has 3 rings (SSSR count). The first kappa shape index (κ1) is 19.8. The van der Waals surface area contributed by atoms with E-state index in [0.717, 1.165) is 0 Å². The molecule has 0 radical (unpaired) electrons. The minimum atomic E-state index is -0.767. The van der Waals surface area contributed by atoms with Crippen molar-refractivity contribution in [1.82, 2.24) is 10.2 Å². The van der Waals surface area contributed by atoms with Crippen molar-refractivity contribution in [3.05, 3.63) is 18.2 Å². The average molecular weight is 409 g/mol. The van der Waals surface area contributed by atoms with Gasteiger partial charge in [-0.25, -0.2) is 4.79 Å². The number of amides is 4. The van der Waals surface area contributed by atoms with Crippen molar-refractivity contribution in [2.75, 3.05) is 44.0 Å². The SMILES string of the molecule is O=C(COC(=O)CCN1CCSC1=O)NC(=O)Nc1ccc2c(c1)OCCO2. The van der Waals surface area contributed by atoms with Gasteiger partial charge >= 0.3 is 12.0 Å². The van der Waals surface area contributed by atoms with Gasteiger partial charge in [0, 0.05) is 30.6 Å². The lowest BCUT2D eigenvalue weighted by Gasteiger charge is -2.19. The Morgan fingerprint density at radius 1 is 1.18 bits per heavy atom. The van der Waals surface area contributed by atoms with E-state index in [4.69, 9.17) is 14.2 Å². The van der Waals surface area contributed by atoms with Crippen LogP contribution in [0.1, 0.15) is 6.42 Å². The molecule has 0 unspecified atom stereocenters. The molecule has 4 amide bonds. The zero-order chi connectivity index (χ0) is 19.9. The first-order chi connectivity index (χ1) is 13.5. The molecule has 0 saturated carbocycles. The van der Waals surface area contributed by atoms with Crippen LogP contribution in [-0.2, 0) is 14.3 Å². The first-order valence-electron chi connectivity index (χ1n) is 8.59. The summed E-state index contributed by atoms with van der Waals surface area (Å²) in [5.41, 5.74) is 0.416. The van der Waals surface area contributed by atoms with Crippen molar-refractivity contribution in [3.63, 3.8) is 0 Å². The van der Waals surface area contributed by atoms with Crippen LogP contribution in [0.25, 0.3) is 0 Å². The Kier molecular flexibility index (Phi) is 6.58. The summed E-state index contributed by atoms with van der Waals surface area (Å²) in [5, 5.41) is 4.48. The summed E-state index contributed by atoms with van der Waals surface area (Å²) >= 11 is 1.20. The second kappa shape index (κ2) is 9.31. The van der Waals surface area contributed by atoms with Crippen LogP contribution in [0.5, 0.6) is 11.5 Å². The van der Waals surface area contributed by atoms with Crippen molar-refractivity contribution in [3.8, 4) is 11.5 Å². The highest BCUT2D eigenvalue weighted by molar-refractivity contribution is 8.13. The highest BCUT2D eigenvalue weighted by Crippen LogP contribution is 2.32. The summed E-state index contributed by atoms with van der Waals surface area (Å²) in [5.74, 6) is 0.395. The molecule has 0 atom stereocenters. The molecule has 0 aromatic heterocycles. The maximum absolute atomic E-state index is 11.9. The Morgan fingerprint density at radius 3 is 2.71 bits per heavy atom. The molecule has 2 aliphatic rings. The quantitative estimate of drug-likeness (QED) is 0.672. The largest absolute Gasteiger partial charge is 0.486 e. The molecule has 1 aromatic rings. The van der Waals surface area contributed by atoms with E-state index >= 15 is 0 Å². The van der Waals surface area contributed by atoms with E-state index in [2.05, 4.69) is 10.6 Å². The molecular weight excluding hydrogens is 390 g/mol. The summed E-state index contributed by atoms with van der Waals surface area (Å²) in [4.78, 5) is 48.2. The lowest BCUT2D eigenvalue weighted by Crippen LogP contribution is -2.37. The highest BCUT2D eigenvalue weighted by atomic mass is 32.2. The van der Waals surface area contributed by atoms with E-state index in [1.165, 1.54) is 11.8 Å². The van der Waals surface area contributed by atoms with Crippen LogP contribution < -0.4 is 20.1 Å². The maximum atomic E-state index is 11.9. The Morgan fingerprint density at radius 2 is 1.96 bits per heavy atom. The van der Waals surface area contributed by atoms with Gasteiger partial charge in [-0.15, -0.1) is 0 Å². The number of hydrogen-bond acceptors (Lipinski definition) is 8. The fourth-order valence-corrected chi connectivity index (χ4v) is 3.37. The number of nitrogens with one attached hydrogen (secondary N) is 2. The van der Waals surface area contributed by atoms with Gasteiger partial charge in [0.25, 0.3) is 11.1 Å². The Balaban J connectivity index is 1.36. The van der Waals surface area contributed by atoms with Crippen LogP contribution in [0.2, 0.25) is 0 Å². The maximum Gasteiger partial charge on any atom is 0.325 e. The molecule has 0 aliphatic carbocycles. The van der Waals surface area contributed by atoms with E-state index < -0.39 is 24.5 Å². The number of thioether (sulfide) groups is 1. The molecule has 0 bridgehead atoms. The second-order valence-electron chi connectivity index (χ2n) is 5.87. The lowest BCUT2D eigenvalue weighted by atomic mass is 10.2. The lowest BCUT2D eigenvalue weighted by molar-refractivity contribution is -0.148. The van der Waals surface area contributed by atoms with Gasteiger partial charge in [0.15, 0.2) is 18.1 Å². The predicted octanol–water partition coefficient (Wildman–Crippen LogP) is 1.21. The first-order valence-corrected chi connectivity index (χ1v) is 9.57. The Labute approximate surface area is 164 Å². The number of fused-ring (bicyclic) bond motifs is 1. The van der Waals surface area contributed by atoms with E-state index in [0.29, 0.717) is 42.7 Å². The number of rotatable bonds is 6. The van der Waals surface area contributed by atoms with Gasteiger partial charge in [-0.2, -0.15) is 0 Å². The van der Waals surface area contributed by atoms with E-state index in [1.807, 2.05) is 0 Å². The van der Waals surface area contributed by atoms with Crippen molar-refractivity contribution in [1.29, 1.82) is 0 Å². The number of hydrogen-bond donors (Lipinski definition) is 2.